The second kappa shape index (κ2) is 8.53. The lowest BCUT2D eigenvalue weighted by atomic mass is 10.1. The van der Waals surface area contributed by atoms with Crippen molar-refractivity contribution in [1.29, 1.82) is 0 Å². The van der Waals surface area contributed by atoms with Crippen LogP contribution < -0.4 is 10.6 Å². The van der Waals surface area contributed by atoms with Crippen LogP contribution in [0.15, 0.2) is 30.3 Å². The van der Waals surface area contributed by atoms with E-state index in [2.05, 4.69) is 10.6 Å². The number of carbonyl (C=O) groups is 1. The van der Waals surface area contributed by atoms with Crippen molar-refractivity contribution in [2.24, 2.45) is 5.92 Å². The summed E-state index contributed by atoms with van der Waals surface area (Å²) in [6, 6.07) is 9.91. The summed E-state index contributed by atoms with van der Waals surface area (Å²) in [5.41, 5.74) is 1.21. The van der Waals surface area contributed by atoms with Gasteiger partial charge in [0.25, 0.3) is 0 Å². The van der Waals surface area contributed by atoms with E-state index in [1.165, 1.54) is 5.56 Å². The van der Waals surface area contributed by atoms with Crippen LogP contribution in [0.2, 0.25) is 0 Å². The highest BCUT2D eigenvalue weighted by molar-refractivity contribution is 5.73. The summed E-state index contributed by atoms with van der Waals surface area (Å²) >= 11 is 0. The Bertz CT molecular complexity index is 366. The van der Waals surface area contributed by atoms with Gasteiger partial charge in [0.15, 0.2) is 0 Å². The minimum atomic E-state index is -0.321. The second-order valence-corrected chi connectivity index (χ2v) is 5.06. The molecule has 2 unspecified atom stereocenters. The molecule has 2 amide bonds. The summed E-state index contributed by atoms with van der Waals surface area (Å²) in [7, 11) is 0. The van der Waals surface area contributed by atoms with Gasteiger partial charge in [-0.2, -0.15) is 0 Å². The highest BCUT2D eigenvalue weighted by atomic mass is 16.3. The Balaban J connectivity index is 2.11. The number of aliphatic hydroxyl groups is 1. The highest BCUT2D eigenvalue weighted by Gasteiger charge is 2.07. The maximum atomic E-state index is 11.5. The van der Waals surface area contributed by atoms with Gasteiger partial charge in [0, 0.05) is 13.1 Å². The van der Waals surface area contributed by atoms with Crippen molar-refractivity contribution < 1.29 is 9.90 Å². The molecule has 0 aromatic heterocycles. The molecule has 1 aromatic rings. The van der Waals surface area contributed by atoms with Crippen LogP contribution >= 0.6 is 0 Å². The van der Waals surface area contributed by atoms with E-state index in [-0.39, 0.29) is 18.1 Å². The minimum absolute atomic E-state index is 0.145. The van der Waals surface area contributed by atoms with Crippen molar-refractivity contribution in [2.45, 2.75) is 32.8 Å². The predicted octanol–water partition coefficient (Wildman–Crippen LogP) is 1.94. The number of amides is 2. The van der Waals surface area contributed by atoms with Crippen molar-refractivity contribution in [3.63, 3.8) is 0 Å². The quantitative estimate of drug-likeness (QED) is 0.705. The van der Waals surface area contributed by atoms with Crippen LogP contribution in [0.3, 0.4) is 0 Å². The molecule has 1 aromatic carbocycles. The molecular formula is C15H24N2O2. The number of hydrogen-bond acceptors (Lipinski definition) is 2. The first-order valence-electron chi connectivity index (χ1n) is 6.81. The minimum Gasteiger partial charge on any atom is -0.393 e. The molecule has 1 rings (SSSR count). The summed E-state index contributed by atoms with van der Waals surface area (Å²) < 4.78 is 0. The molecule has 0 radical (unpaired) electrons. The molecule has 0 saturated carbocycles. The predicted molar refractivity (Wildman–Crippen MR) is 77.0 cm³/mol. The number of aliphatic hydroxyl groups excluding tert-OH is 1. The first kappa shape index (κ1) is 15.5. The number of urea groups is 1. The maximum absolute atomic E-state index is 11.5. The van der Waals surface area contributed by atoms with E-state index >= 15 is 0 Å². The largest absolute Gasteiger partial charge is 0.393 e. The molecule has 4 nitrogen and oxygen atoms in total. The molecule has 2 atom stereocenters. The monoisotopic (exact) mass is 264 g/mol. The van der Waals surface area contributed by atoms with Gasteiger partial charge in [-0.05, 0) is 31.2 Å². The Hall–Kier alpha value is -1.55. The van der Waals surface area contributed by atoms with E-state index in [1.54, 1.807) is 6.92 Å². The Morgan fingerprint density at radius 2 is 1.89 bits per heavy atom. The molecule has 0 saturated heterocycles. The zero-order chi connectivity index (χ0) is 14.1. The summed E-state index contributed by atoms with van der Waals surface area (Å²) in [5.74, 6) is 0.278. The topological polar surface area (TPSA) is 61.4 Å². The van der Waals surface area contributed by atoms with Crippen LogP contribution in [0, 0.1) is 5.92 Å². The number of rotatable bonds is 7. The van der Waals surface area contributed by atoms with Crippen LogP contribution in [-0.2, 0) is 6.42 Å². The van der Waals surface area contributed by atoms with Crippen molar-refractivity contribution in [1.82, 2.24) is 10.6 Å². The maximum Gasteiger partial charge on any atom is 0.314 e. The molecule has 19 heavy (non-hydrogen) atoms. The number of benzene rings is 1. The van der Waals surface area contributed by atoms with E-state index in [0.29, 0.717) is 19.5 Å². The van der Waals surface area contributed by atoms with Crippen molar-refractivity contribution in [3.05, 3.63) is 35.9 Å². The van der Waals surface area contributed by atoms with Crippen molar-refractivity contribution in [3.8, 4) is 0 Å². The third kappa shape index (κ3) is 7.47. The summed E-state index contributed by atoms with van der Waals surface area (Å²) in [4.78, 5) is 11.5. The average Bonchev–Trinajstić information content (AvgIpc) is 2.37. The third-order valence-corrected chi connectivity index (χ3v) is 2.90. The van der Waals surface area contributed by atoms with Crippen LogP contribution in [-0.4, -0.2) is 30.3 Å². The zero-order valence-electron chi connectivity index (χ0n) is 11.7. The van der Waals surface area contributed by atoms with Crippen LogP contribution in [0.25, 0.3) is 0 Å². The molecule has 0 fully saturated rings. The van der Waals surface area contributed by atoms with E-state index in [0.717, 1.165) is 6.42 Å². The van der Waals surface area contributed by atoms with E-state index in [1.807, 2.05) is 37.3 Å². The number of carbonyl (C=O) groups excluding carboxylic acids is 1. The van der Waals surface area contributed by atoms with E-state index in [4.69, 9.17) is 0 Å². The van der Waals surface area contributed by atoms with Gasteiger partial charge in [-0.15, -0.1) is 0 Å². The molecule has 0 aliphatic rings. The van der Waals surface area contributed by atoms with Crippen LogP contribution in [0.1, 0.15) is 25.8 Å². The fourth-order valence-corrected chi connectivity index (χ4v) is 1.96. The molecular weight excluding hydrogens is 240 g/mol. The molecule has 0 aliphatic carbocycles. The third-order valence-electron chi connectivity index (χ3n) is 2.90. The highest BCUT2D eigenvalue weighted by Crippen LogP contribution is 2.03. The lowest BCUT2D eigenvalue weighted by molar-refractivity contribution is 0.163. The fourth-order valence-electron chi connectivity index (χ4n) is 1.96. The first-order valence-corrected chi connectivity index (χ1v) is 6.81. The Morgan fingerprint density at radius 3 is 2.53 bits per heavy atom. The van der Waals surface area contributed by atoms with Gasteiger partial charge in [-0.25, -0.2) is 4.79 Å². The number of hydrogen-bond donors (Lipinski definition) is 3. The van der Waals surface area contributed by atoms with Gasteiger partial charge in [0.05, 0.1) is 6.10 Å². The molecule has 0 bridgehead atoms. The smallest absolute Gasteiger partial charge is 0.314 e. The van der Waals surface area contributed by atoms with E-state index in [9.17, 15) is 9.90 Å². The molecule has 0 spiro atoms. The average molecular weight is 264 g/mol. The standard InChI is InChI=1S/C15H24N2O2/c1-12(10-13(2)18)11-17-15(19)16-9-8-14-6-4-3-5-7-14/h3-7,12-13,18H,8-11H2,1-2H3,(H2,16,17,19). The summed E-state index contributed by atoms with van der Waals surface area (Å²) in [6.45, 7) is 4.98. The SMILES string of the molecule is CC(O)CC(C)CNC(=O)NCCc1ccccc1. The lowest BCUT2D eigenvalue weighted by Gasteiger charge is -2.14. The molecule has 4 heteroatoms. The Kier molecular flexibility index (Phi) is 6.97. The normalized spacial score (nSPS) is 13.6. The second-order valence-electron chi connectivity index (χ2n) is 5.06. The van der Waals surface area contributed by atoms with Crippen LogP contribution in [0.4, 0.5) is 4.79 Å². The van der Waals surface area contributed by atoms with Gasteiger partial charge in [-0.1, -0.05) is 37.3 Å². The summed E-state index contributed by atoms with van der Waals surface area (Å²) in [6.07, 6.45) is 1.21. The number of nitrogens with one attached hydrogen (secondary N) is 2. The van der Waals surface area contributed by atoms with Crippen molar-refractivity contribution >= 4 is 6.03 Å². The lowest BCUT2D eigenvalue weighted by Crippen LogP contribution is -2.39. The van der Waals surface area contributed by atoms with Gasteiger partial charge < -0.3 is 15.7 Å². The zero-order valence-corrected chi connectivity index (χ0v) is 11.7. The van der Waals surface area contributed by atoms with Crippen LogP contribution in [0.5, 0.6) is 0 Å². The Labute approximate surface area is 115 Å². The molecule has 3 N–H and O–H groups in total. The Morgan fingerprint density at radius 1 is 1.21 bits per heavy atom. The molecule has 0 aliphatic heterocycles. The molecule has 106 valence electrons. The van der Waals surface area contributed by atoms with Gasteiger partial charge in [-0.3, -0.25) is 0 Å². The first-order chi connectivity index (χ1) is 9.08. The molecule has 0 heterocycles. The van der Waals surface area contributed by atoms with Gasteiger partial charge in [0.2, 0.25) is 0 Å². The fraction of sp³-hybridized carbons (Fsp3) is 0.533. The van der Waals surface area contributed by atoms with Gasteiger partial charge in [0.1, 0.15) is 0 Å². The van der Waals surface area contributed by atoms with Crippen molar-refractivity contribution in [2.75, 3.05) is 13.1 Å². The van der Waals surface area contributed by atoms with Gasteiger partial charge >= 0.3 is 6.03 Å². The summed E-state index contributed by atoms with van der Waals surface area (Å²) in [5, 5.41) is 14.9. The van der Waals surface area contributed by atoms with E-state index < -0.39 is 0 Å².